The molecule has 0 amide bonds. The molecule has 0 aromatic heterocycles. The zero-order chi connectivity index (χ0) is 13.8. The third-order valence-corrected chi connectivity index (χ3v) is 2.95. The highest BCUT2D eigenvalue weighted by Gasteiger charge is 2.05. The molecule has 2 aromatic carbocycles. The third kappa shape index (κ3) is 3.26. The molecular weight excluding hydrogens is 262 g/mol. The molecule has 0 bridgehead atoms. The van der Waals surface area contributed by atoms with Gasteiger partial charge in [-0.1, -0.05) is 11.6 Å². The van der Waals surface area contributed by atoms with E-state index in [0.29, 0.717) is 16.3 Å². The molecule has 0 atom stereocenters. The summed E-state index contributed by atoms with van der Waals surface area (Å²) in [4.78, 5) is 4.45. The number of halogens is 1. The summed E-state index contributed by atoms with van der Waals surface area (Å²) in [5, 5.41) is 10.4. The van der Waals surface area contributed by atoms with Crippen molar-refractivity contribution in [3.8, 4) is 11.5 Å². The highest BCUT2D eigenvalue weighted by Crippen LogP contribution is 2.24. The van der Waals surface area contributed by atoms with Crippen LogP contribution in [0, 0.1) is 0 Å². The van der Waals surface area contributed by atoms with Crippen LogP contribution in [0.25, 0.3) is 0 Å². The van der Waals surface area contributed by atoms with Gasteiger partial charge in [-0.05, 0) is 49.4 Å². The van der Waals surface area contributed by atoms with Gasteiger partial charge in [-0.25, -0.2) is 0 Å². The van der Waals surface area contributed by atoms with E-state index in [1.807, 2.05) is 31.2 Å². The van der Waals surface area contributed by atoms with Gasteiger partial charge < -0.3 is 9.84 Å². The molecule has 0 aliphatic heterocycles. The molecule has 98 valence electrons. The number of rotatable bonds is 3. The van der Waals surface area contributed by atoms with Gasteiger partial charge in [0.25, 0.3) is 0 Å². The summed E-state index contributed by atoms with van der Waals surface area (Å²) in [6.07, 6.45) is 0. The lowest BCUT2D eigenvalue weighted by atomic mass is 10.1. The maximum atomic E-state index is 9.81. The molecule has 0 heterocycles. The van der Waals surface area contributed by atoms with Crippen LogP contribution in [-0.4, -0.2) is 17.9 Å². The Hall–Kier alpha value is -2.00. The highest BCUT2D eigenvalue weighted by atomic mass is 35.5. The minimum absolute atomic E-state index is 0.166. The number of benzene rings is 2. The number of phenols is 1. The van der Waals surface area contributed by atoms with E-state index in [1.165, 1.54) is 0 Å². The second-order valence-electron chi connectivity index (χ2n) is 4.06. The largest absolute Gasteiger partial charge is 0.507 e. The van der Waals surface area contributed by atoms with Crippen LogP contribution in [0.1, 0.15) is 12.5 Å². The third-order valence-electron chi connectivity index (χ3n) is 2.72. The first-order chi connectivity index (χ1) is 9.10. The van der Waals surface area contributed by atoms with Crippen molar-refractivity contribution in [1.82, 2.24) is 0 Å². The Labute approximate surface area is 117 Å². The van der Waals surface area contributed by atoms with Crippen LogP contribution >= 0.6 is 11.6 Å². The molecule has 0 aliphatic rings. The highest BCUT2D eigenvalue weighted by molar-refractivity contribution is 6.31. The van der Waals surface area contributed by atoms with Crippen molar-refractivity contribution in [3.63, 3.8) is 0 Å². The Bertz CT molecular complexity index is 606. The van der Waals surface area contributed by atoms with E-state index < -0.39 is 0 Å². The topological polar surface area (TPSA) is 41.8 Å². The van der Waals surface area contributed by atoms with Crippen molar-refractivity contribution in [2.75, 3.05) is 7.11 Å². The Morgan fingerprint density at radius 1 is 1.16 bits per heavy atom. The van der Waals surface area contributed by atoms with Gasteiger partial charge in [0.2, 0.25) is 0 Å². The van der Waals surface area contributed by atoms with Crippen LogP contribution in [0.3, 0.4) is 0 Å². The zero-order valence-electron chi connectivity index (χ0n) is 10.7. The molecule has 0 saturated heterocycles. The monoisotopic (exact) mass is 275 g/mol. The average molecular weight is 276 g/mol. The van der Waals surface area contributed by atoms with Gasteiger partial charge in [-0.2, -0.15) is 0 Å². The van der Waals surface area contributed by atoms with Crippen LogP contribution in [0.2, 0.25) is 5.02 Å². The molecule has 0 spiro atoms. The molecule has 0 saturated carbocycles. The molecule has 0 radical (unpaired) electrons. The van der Waals surface area contributed by atoms with E-state index in [1.54, 1.807) is 25.3 Å². The van der Waals surface area contributed by atoms with E-state index in [4.69, 9.17) is 16.3 Å². The van der Waals surface area contributed by atoms with Crippen molar-refractivity contribution in [3.05, 3.63) is 53.1 Å². The number of methoxy groups -OCH3 is 1. The molecule has 4 heteroatoms. The van der Waals surface area contributed by atoms with Gasteiger partial charge in [0.1, 0.15) is 11.5 Å². The van der Waals surface area contributed by atoms with E-state index in [0.717, 1.165) is 11.4 Å². The van der Waals surface area contributed by atoms with Gasteiger partial charge in [-0.15, -0.1) is 0 Å². The summed E-state index contributed by atoms with van der Waals surface area (Å²) in [6, 6.07) is 12.3. The number of aromatic hydroxyl groups is 1. The summed E-state index contributed by atoms with van der Waals surface area (Å²) >= 11 is 5.92. The summed E-state index contributed by atoms with van der Waals surface area (Å²) in [5.74, 6) is 0.946. The minimum Gasteiger partial charge on any atom is -0.507 e. The van der Waals surface area contributed by atoms with Crippen LogP contribution in [0.15, 0.2) is 47.5 Å². The standard InChI is InChI=1S/C15H14ClNO2/c1-10(14-9-11(16)3-8-15(14)18)17-12-4-6-13(19-2)7-5-12/h3-9,18H,1-2H3. The van der Waals surface area contributed by atoms with Crippen LogP contribution < -0.4 is 4.74 Å². The molecule has 19 heavy (non-hydrogen) atoms. The van der Waals surface area contributed by atoms with Crippen molar-refractivity contribution in [1.29, 1.82) is 0 Å². The Kier molecular flexibility index (Phi) is 4.07. The number of aliphatic imine (C=N–C) groups is 1. The second-order valence-corrected chi connectivity index (χ2v) is 4.49. The average Bonchev–Trinajstić information content (AvgIpc) is 2.42. The second kappa shape index (κ2) is 5.76. The van der Waals surface area contributed by atoms with Gasteiger partial charge in [0.15, 0.2) is 0 Å². The molecule has 2 aromatic rings. The predicted molar refractivity (Wildman–Crippen MR) is 78.0 cm³/mol. The Balaban J connectivity index is 2.33. The molecule has 2 rings (SSSR count). The van der Waals surface area contributed by atoms with Crippen LogP contribution in [0.4, 0.5) is 5.69 Å². The number of ether oxygens (including phenoxy) is 1. The van der Waals surface area contributed by atoms with Crippen molar-refractivity contribution >= 4 is 23.0 Å². The summed E-state index contributed by atoms with van der Waals surface area (Å²) in [7, 11) is 1.62. The van der Waals surface area contributed by atoms with E-state index in [-0.39, 0.29) is 5.75 Å². The van der Waals surface area contributed by atoms with E-state index in [2.05, 4.69) is 4.99 Å². The van der Waals surface area contributed by atoms with Crippen molar-refractivity contribution in [2.45, 2.75) is 6.92 Å². The number of hydrogen-bond donors (Lipinski definition) is 1. The number of nitrogens with zero attached hydrogens (tertiary/aromatic N) is 1. The molecule has 3 nitrogen and oxygen atoms in total. The maximum Gasteiger partial charge on any atom is 0.124 e. The lowest BCUT2D eigenvalue weighted by Crippen LogP contribution is -1.94. The smallest absolute Gasteiger partial charge is 0.124 e. The first-order valence-electron chi connectivity index (χ1n) is 5.78. The maximum absolute atomic E-state index is 9.81. The molecule has 0 aliphatic carbocycles. The van der Waals surface area contributed by atoms with Crippen molar-refractivity contribution in [2.24, 2.45) is 4.99 Å². The normalized spacial score (nSPS) is 11.4. The lowest BCUT2D eigenvalue weighted by molar-refractivity contribution is 0.415. The quantitative estimate of drug-likeness (QED) is 0.853. The molecule has 1 N–H and O–H groups in total. The SMILES string of the molecule is COc1ccc(N=C(C)c2cc(Cl)ccc2O)cc1. The summed E-state index contributed by atoms with van der Waals surface area (Å²) in [5.41, 5.74) is 2.12. The van der Waals surface area contributed by atoms with E-state index >= 15 is 0 Å². The first kappa shape index (κ1) is 13.4. The van der Waals surface area contributed by atoms with Crippen LogP contribution in [-0.2, 0) is 0 Å². The van der Waals surface area contributed by atoms with Gasteiger partial charge in [-0.3, -0.25) is 4.99 Å². The Morgan fingerprint density at radius 3 is 2.47 bits per heavy atom. The minimum atomic E-state index is 0.166. The molecular formula is C15H14ClNO2. The van der Waals surface area contributed by atoms with Crippen LogP contribution in [0.5, 0.6) is 11.5 Å². The summed E-state index contributed by atoms with van der Waals surface area (Å²) in [6.45, 7) is 1.83. The number of phenolic OH excluding ortho intramolecular Hbond substituents is 1. The molecule has 0 fully saturated rings. The fourth-order valence-electron chi connectivity index (χ4n) is 1.71. The Morgan fingerprint density at radius 2 is 1.84 bits per heavy atom. The fraction of sp³-hybridized carbons (Fsp3) is 0.133. The van der Waals surface area contributed by atoms with Gasteiger partial charge in [0, 0.05) is 16.3 Å². The lowest BCUT2D eigenvalue weighted by Gasteiger charge is -2.05. The first-order valence-corrected chi connectivity index (χ1v) is 6.16. The summed E-state index contributed by atoms with van der Waals surface area (Å²) < 4.78 is 5.09. The van der Waals surface area contributed by atoms with Crippen molar-refractivity contribution < 1.29 is 9.84 Å². The predicted octanol–water partition coefficient (Wildman–Crippen LogP) is 4.19. The fourth-order valence-corrected chi connectivity index (χ4v) is 1.88. The van der Waals surface area contributed by atoms with Gasteiger partial charge >= 0.3 is 0 Å². The zero-order valence-corrected chi connectivity index (χ0v) is 11.5. The van der Waals surface area contributed by atoms with Gasteiger partial charge in [0.05, 0.1) is 12.8 Å². The van der Waals surface area contributed by atoms with E-state index in [9.17, 15) is 5.11 Å². The number of hydrogen-bond acceptors (Lipinski definition) is 3. The molecule has 0 unspecified atom stereocenters.